The maximum Gasteiger partial charge on any atom is 0.241 e. The minimum absolute atomic E-state index is 0.0165. The molecule has 0 radical (unpaired) electrons. The van der Waals surface area contributed by atoms with Crippen molar-refractivity contribution in [2.24, 2.45) is 17.6 Å². The summed E-state index contributed by atoms with van der Waals surface area (Å²) in [5.74, 6) is -0.195. The Balaban J connectivity index is 2.31. The van der Waals surface area contributed by atoms with Crippen molar-refractivity contribution in [3.05, 3.63) is 0 Å². The van der Waals surface area contributed by atoms with E-state index < -0.39 is 6.04 Å². The molecule has 0 aliphatic carbocycles. The molecule has 1 aliphatic rings. The first-order chi connectivity index (χ1) is 8.45. The summed E-state index contributed by atoms with van der Waals surface area (Å²) >= 11 is 0. The van der Waals surface area contributed by atoms with E-state index in [4.69, 9.17) is 10.8 Å². The zero-order valence-electron chi connectivity index (χ0n) is 11.1. The van der Waals surface area contributed by atoms with Gasteiger partial charge in [0.25, 0.3) is 0 Å². The van der Waals surface area contributed by atoms with Gasteiger partial charge in [0, 0.05) is 25.6 Å². The molecule has 0 saturated carbocycles. The van der Waals surface area contributed by atoms with Crippen LogP contribution in [0.2, 0.25) is 0 Å². The van der Waals surface area contributed by atoms with Crippen molar-refractivity contribution < 1.29 is 14.7 Å². The smallest absolute Gasteiger partial charge is 0.241 e. The van der Waals surface area contributed by atoms with Crippen LogP contribution < -0.4 is 11.1 Å². The molecule has 1 saturated heterocycles. The van der Waals surface area contributed by atoms with Crippen molar-refractivity contribution in [1.82, 2.24) is 10.2 Å². The van der Waals surface area contributed by atoms with Crippen molar-refractivity contribution in [3.8, 4) is 0 Å². The highest BCUT2D eigenvalue weighted by Gasteiger charge is 2.26. The van der Waals surface area contributed by atoms with Crippen LogP contribution in [0, 0.1) is 11.8 Å². The number of nitrogens with two attached hydrogens (primary N) is 1. The number of nitrogens with one attached hydrogen (secondary N) is 1. The van der Waals surface area contributed by atoms with Crippen LogP contribution in [0.5, 0.6) is 0 Å². The van der Waals surface area contributed by atoms with Crippen LogP contribution in [-0.2, 0) is 9.59 Å². The Labute approximate surface area is 108 Å². The molecular formula is C12H23N3O3. The Morgan fingerprint density at radius 2 is 2.17 bits per heavy atom. The first-order valence-corrected chi connectivity index (χ1v) is 6.37. The van der Waals surface area contributed by atoms with Crippen molar-refractivity contribution in [1.29, 1.82) is 0 Å². The lowest BCUT2D eigenvalue weighted by atomic mass is 10.1. The lowest BCUT2D eigenvalue weighted by molar-refractivity contribution is -0.132. The van der Waals surface area contributed by atoms with Gasteiger partial charge in [0.05, 0.1) is 12.6 Å². The van der Waals surface area contributed by atoms with E-state index in [0.29, 0.717) is 13.1 Å². The number of carbonyl (C=O) groups is 2. The molecule has 4 N–H and O–H groups in total. The topological polar surface area (TPSA) is 95.7 Å². The molecule has 0 spiro atoms. The van der Waals surface area contributed by atoms with E-state index in [9.17, 15) is 9.59 Å². The highest BCUT2D eigenvalue weighted by atomic mass is 16.3. The predicted octanol–water partition coefficient (Wildman–Crippen LogP) is -1.07. The van der Waals surface area contributed by atoms with E-state index in [0.717, 1.165) is 6.42 Å². The third kappa shape index (κ3) is 3.96. The van der Waals surface area contributed by atoms with Crippen molar-refractivity contribution in [2.45, 2.75) is 26.3 Å². The van der Waals surface area contributed by atoms with Crippen molar-refractivity contribution in [3.63, 3.8) is 0 Å². The number of hydrogen-bond donors (Lipinski definition) is 3. The molecule has 1 fully saturated rings. The van der Waals surface area contributed by atoms with E-state index in [1.54, 1.807) is 4.90 Å². The number of likely N-dealkylation sites (tertiary alicyclic amines) is 1. The van der Waals surface area contributed by atoms with Crippen LogP contribution in [0.1, 0.15) is 20.3 Å². The highest BCUT2D eigenvalue weighted by molar-refractivity contribution is 5.87. The zero-order valence-corrected chi connectivity index (χ0v) is 11.1. The Bertz CT molecular complexity index is 307. The number of carbonyl (C=O) groups excluding carboxylic acids is 2. The Morgan fingerprint density at radius 3 is 2.67 bits per heavy atom. The fourth-order valence-corrected chi connectivity index (χ4v) is 1.90. The fraction of sp³-hybridized carbons (Fsp3) is 0.833. The van der Waals surface area contributed by atoms with E-state index in [1.165, 1.54) is 0 Å². The normalized spacial score (nSPS) is 21.2. The van der Waals surface area contributed by atoms with Gasteiger partial charge in [-0.15, -0.1) is 0 Å². The molecule has 0 aromatic rings. The Kier molecular flexibility index (Phi) is 5.55. The SMILES string of the molecule is CC(C)[C@H](N)C(=O)NCC(=O)N1CCC(CO)C1. The van der Waals surface area contributed by atoms with Gasteiger partial charge in [0.2, 0.25) is 11.8 Å². The van der Waals surface area contributed by atoms with Crippen molar-refractivity contribution >= 4 is 11.8 Å². The van der Waals surface area contributed by atoms with Crippen LogP contribution in [-0.4, -0.2) is 54.1 Å². The summed E-state index contributed by atoms with van der Waals surface area (Å²) < 4.78 is 0. The van der Waals surface area contributed by atoms with E-state index in [2.05, 4.69) is 5.32 Å². The molecule has 6 heteroatoms. The lowest BCUT2D eigenvalue weighted by Crippen LogP contribution is -2.47. The molecule has 6 nitrogen and oxygen atoms in total. The lowest BCUT2D eigenvalue weighted by Gasteiger charge is -2.19. The second kappa shape index (κ2) is 6.70. The molecule has 104 valence electrons. The number of nitrogens with zero attached hydrogens (tertiary/aromatic N) is 1. The zero-order chi connectivity index (χ0) is 13.7. The first-order valence-electron chi connectivity index (χ1n) is 6.37. The molecule has 1 unspecified atom stereocenters. The minimum Gasteiger partial charge on any atom is -0.396 e. The molecule has 0 bridgehead atoms. The summed E-state index contributed by atoms with van der Waals surface area (Å²) in [6.07, 6.45) is 0.821. The summed E-state index contributed by atoms with van der Waals surface area (Å²) in [6.45, 7) is 5.03. The third-order valence-electron chi connectivity index (χ3n) is 3.33. The van der Waals surface area contributed by atoms with Crippen LogP contribution in [0.3, 0.4) is 0 Å². The Morgan fingerprint density at radius 1 is 1.50 bits per heavy atom. The highest BCUT2D eigenvalue weighted by Crippen LogP contribution is 2.14. The van der Waals surface area contributed by atoms with Crippen LogP contribution in [0.4, 0.5) is 0 Å². The second-order valence-electron chi connectivity index (χ2n) is 5.16. The standard InChI is InChI=1S/C12H23N3O3/c1-8(2)11(13)12(18)14-5-10(17)15-4-3-9(6-15)7-16/h8-9,11,16H,3-7,13H2,1-2H3,(H,14,18)/t9?,11-/m0/s1. The summed E-state index contributed by atoms with van der Waals surface area (Å²) in [5, 5.41) is 11.5. The molecule has 18 heavy (non-hydrogen) atoms. The van der Waals surface area contributed by atoms with Gasteiger partial charge in [-0.05, 0) is 12.3 Å². The van der Waals surface area contributed by atoms with Crippen LogP contribution in [0.25, 0.3) is 0 Å². The van der Waals surface area contributed by atoms with Gasteiger partial charge in [-0.25, -0.2) is 0 Å². The molecule has 1 heterocycles. The fourth-order valence-electron chi connectivity index (χ4n) is 1.90. The minimum atomic E-state index is -0.582. The van der Waals surface area contributed by atoms with Crippen molar-refractivity contribution in [2.75, 3.05) is 26.2 Å². The van der Waals surface area contributed by atoms with Gasteiger partial charge >= 0.3 is 0 Å². The third-order valence-corrected chi connectivity index (χ3v) is 3.33. The maximum absolute atomic E-state index is 11.8. The molecule has 0 aromatic heterocycles. The molecule has 2 amide bonds. The summed E-state index contributed by atoms with van der Waals surface area (Å²) in [7, 11) is 0. The van der Waals surface area contributed by atoms with Gasteiger partial charge in [0.15, 0.2) is 0 Å². The first kappa shape index (κ1) is 14.9. The van der Waals surface area contributed by atoms with E-state index >= 15 is 0 Å². The monoisotopic (exact) mass is 257 g/mol. The van der Waals surface area contributed by atoms with Gasteiger partial charge < -0.3 is 21.1 Å². The molecule has 0 aromatic carbocycles. The predicted molar refractivity (Wildman–Crippen MR) is 67.6 cm³/mol. The number of rotatable bonds is 5. The maximum atomic E-state index is 11.8. The molecule has 1 aliphatic heterocycles. The van der Waals surface area contributed by atoms with Gasteiger partial charge in [-0.1, -0.05) is 13.8 Å². The van der Waals surface area contributed by atoms with Crippen LogP contribution >= 0.6 is 0 Å². The average molecular weight is 257 g/mol. The number of hydrogen-bond acceptors (Lipinski definition) is 4. The largest absolute Gasteiger partial charge is 0.396 e. The molecular weight excluding hydrogens is 234 g/mol. The van der Waals surface area contributed by atoms with Crippen LogP contribution in [0.15, 0.2) is 0 Å². The quantitative estimate of drug-likeness (QED) is 0.584. The number of amides is 2. The van der Waals surface area contributed by atoms with E-state index in [1.807, 2.05) is 13.8 Å². The summed E-state index contributed by atoms with van der Waals surface area (Å²) in [5.41, 5.74) is 5.67. The van der Waals surface area contributed by atoms with Gasteiger partial charge in [-0.2, -0.15) is 0 Å². The van der Waals surface area contributed by atoms with E-state index in [-0.39, 0.29) is 36.8 Å². The molecule has 1 rings (SSSR count). The Hall–Kier alpha value is -1.14. The van der Waals surface area contributed by atoms with Gasteiger partial charge in [0.1, 0.15) is 0 Å². The molecule has 2 atom stereocenters. The summed E-state index contributed by atoms with van der Waals surface area (Å²) in [4.78, 5) is 25.0. The summed E-state index contributed by atoms with van der Waals surface area (Å²) in [6, 6.07) is -0.582. The van der Waals surface area contributed by atoms with Gasteiger partial charge in [-0.3, -0.25) is 9.59 Å². The average Bonchev–Trinajstić information content (AvgIpc) is 2.83. The second-order valence-corrected chi connectivity index (χ2v) is 5.16. The number of aliphatic hydroxyl groups is 1. The number of aliphatic hydroxyl groups excluding tert-OH is 1.